The molecule has 0 unspecified atom stereocenters. The fourth-order valence-electron chi connectivity index (χ4n) is 4.38. The summed E-state index contributed by atoms with van der Waals surface area (Å²) < 4.78 is 0. The quantitative estimate of drug-likeness (QED) is 0.551. The zero-order valence-corrected chi connectivity index (χ0v) is 18.2. The molecule has 0 aliphatic heterocycles. The van der Waals surface area contributed by atoms with E-state index in [1.54, 1.807) is 11.3 Å². The van der Waals surface area contributed by atoms with Crippen LogP contribution in [0.4, 0.5) is 0 Å². The van der Waals surface area contributed by atoms with Crippen molar-refractivity contribution in [3.05, 3.63) is 68.7 Å². The second-order valence-corrected chi connectivity index (χ2v) is 9.12. The molecular weight excluding hydrogens is 376 g/mol. The summed E-state index contributed by atoms with van der Waals surface area (Å²) in [5.41, 5.74) is 15.6. The number of rotatable bonds is 5. The number of aromatic nitrogens is 1. The van der Waals surface area contributed by atoms with Crippen LogP contribution < -0.4 is 5.73 Å². The Morgan fingerprint density at radius 3 is 2.41 bits per heavy atom. The number of hydrogen-bond donors (Lipinski definition) is 2. The van der Waals surface area contributed by atoms with Gasteiger partial charge in [-0.1, -0.05) is 18.6 Å². The highest BCUT2D eigenvalue weighted by atomic mass is 32.1. The van der Waals surface area contributed by atoms with Crippen molar-refractivity contribution in [3.63, 3.8) is 0 Å². The molecule has 1 aromatic heterocycles. The summed E-state index contributed by atoms with van der Waals surface area (Å²) in [7, 11) is 0. The van der Waals surface area contributed by atoms with Crippen LogP contribution in [-0.4, -0.2) is 16.6 Å². The first-order valence-electron chi connectivity index (χ1n) is 10.6. The Balaban J connectivity index is 1.60. The monoisotopic (exact) mass is 406 g/mol. The van der Waals surface area contributed by atoms with Gasteiger partial charge >= 0.3 is 0 Å². The van der Waals surface area contributed by atoms with Crippen LogP contribution in [0.2, 0.25) is 0 Å². The van der Waals surface area contributed by atoms with Crippen LogP contribution in [-0.2, 0) is 25.7 Å². The van der Waals surface area contributed by atoms with E-state index in [4.69, 9.17) is 10.7 Å². The average molecular weight is 407 g/mol. The van der Waals surface area contributed by atoms with Crippen LogP contribution in [0.1, 0.15) is 58.3 Å². The Bertz CT molecular complexity index is 1020. The second kappa shape index (κ2) is 8.68. The first-order valence-corrected chi connectivity index (χ1v) is 11.5. The summed E-state index contributed by atoms with van der Waals surface area (Å²) in [5.74, 6) is 0.365. The van der Waals surface area contributed by atoms with Crippen LogP contribution in [0.5, 0.6) is 5.75 Å². The molecular formula is C25H30N2OS. The highest BCUT2D eigenvalue weighted by Crippen LogP contribution is 2.36. The summed E-state index contributed by atoms with van der Waals surface area (Å²) in [6.07, 6.45) is 7.65. The van der Waals surface area contributed by atoms with Crippen molar-refractivity contribution in [2.75, 3.05) is 6.54 Å². The third-order valence-corrected chi connectivity index (χ3v) is 7.00. The van der Waals surface area contributed by atoms with Gasteiger partial charge in [-0.3, -0.25) is 0 Å². The molecule has 2 aromatic carbocycles. The Labute approximate surface area is 177 Å². The molecule has 0 amide bonds. The highest BCUT2D eigenvalue weighted by Gasteiger charge is 2.16. The molecule has 29 heavy (non-hydrogen) atoms. The number of aryl methyl sites for hydroxylation is 4. The lowest BCUT2D eigenvalue weighted by atomic mass is 9.96. The number of nitrogens with zero attached hydrogens (tertiary/aromatic N) is 1. The number of phenols is 1. The van der Waals surface area contributed by atoms with Crippen molar-refractivity contribution >= 4 is 11.3 Å². The number of aromatic hydroxyl groups is 1. The third kappa shape index (κ3) is 4.39. The Morgan fingerprint density at radius 2 is 1.66 bits per heavy atom. The van der Waals surface area contributed by atoms with E-state index >= 15 is 0 Å². The Morgan fingerprint density at radius 1 is 0.966 bits per heavy atom. The van der Waals surface area contributed by atoms with E-state index in [1.165, 1.54) is 52.6 Å². The zero-order chi connectivity index (χ0) is 20.4. The molecule has 1 aliphatic rings. The van der Waals surface area contributed by atoms with Gasteiger partial charge in [0.15, 0.2) is 0 Å². The summed E-state index contributed by atoms with van der Waals surface area (Å²) in [6, 6.07) is 8.69. The van der Waals surface area contributed by atoms with Gasteiger partial charge in [0, 0.05) is 11.8 Å². The van der Waals surface area contributed by atoms with Crippen molar-refractivity contribution in [3.8, 4) is 16.3 Å². The van der Waals surface area contributed by atoms with Crippen LogP contribution in [0, 0.1) is 13.8 Å². The summed E-state index contributed by atoms with van der Waals surface area (Å²) in [5, 5.41) is 13.7. The van der Waals surface area contributed by atoms with Gasteiger partial charge in [-0.15, -0.1) is 11.3 Å². The second-order valence-electron chi connectivity index (χ2n) is 8.26. The van der Waals surface area contributed by atoms with Crippen molar-refractivity contribution in [2.45, 2.75) is 58.8 Å². The molecule has 152 valence electrons. The topological polar surface area (TPSA) is 59.1 Å². The number of thiazole rings is 1. The molecule has 0 fully saturated rings. The standard InChI is InChI=1S/C25H30N2OS/c1-16-11-21(17(2)10-18(16)8-9-26)12-22-15-29-25(27-22)23-13-19-6-4-3-5-7-20(19)14-24(23)28/h10-11,13-15,28H,3-9,12,26H2,1-2H3. The fraction of sp³-hybridized carbons (Fsp3) is 0.400. The Hall–Kier alpha value is -2.17. The number of hydrogen-bond acceptors (Lipinski definition) is 4. The third-order valence-electron chi connectivity index (χ3n) is 6.07. The van der Waals surface area contributed by atoms with Gasteiger partial charge in [-0.2, -0.15) is 0 Å². The Kier molecular flexibility index (Phi) is 6.02. The lowest BCUT2D eigenvalue weighted by Gasteiger charge is -2.11. The number of phenolic OH excluding ortho intramolecular Hbond substituents is 1. The molecule has 3 nitrogen and oxygen atoms in total. The smallest absolute Gasteiger partial charge is 0.127 e. The van der Waals surface area contributed by atoms with E-state index < -0.39 is 0 Å². The number of nitrogens with two attached hydrogens (primary N) is 1. The van der Waals surface area contributed by atoms with Gasteiger partial charge in [-0.05, 0) is 98.0 Å². The van der Waals surface area contributed by atoms with Gasteiger partial charge in [0.05, 0.1) is 11.3 Å². The maximum atomic E-state index is 10.6. The first-order chi connectivity index (χ1) is 14.0. The zero-order valence-electron chi connectivity index (χ0n) is 17.4. The molecule has 0 spiro atoms. The lowest BCUT2D eigenvalue weighted by molar-refractivity contribution is 0.476. The molecule has 0 saturated heterocycles. The summed E-state index contributed by atoms with van der Waals surface area (Å²) in [6.45, 7) is 5.01. The van der Waals surface area contributed by atoms with Crippen molar-refractivity contribution in [2.24, 2.45) is 5.73 Å². The number of benzene rings is 2. The molecule has 0 bridgehead atoms. The maximum absolute atomic E-state index is 10.6. The molecule has 1 aliphatic carbocycles. The minimum atomic E-state index is 0.365. The molecule has 0 saturated carbocycles. The predicted octanol–water partition coefficient (Wildman–Crippen LogP) is 5.49. The average Bonchev–Trinajstić information content (AvgIpc) is 3.03. The van der Waals surface area contributed by atoms with Crippen LogP contribution in [0.3, 0.4) is 0 Å². The predicted molar refractivity (Wildman–Crippen MR) is 122 cm³/mol. The van der Waals surface area contributed by atoms with E-state index in [0.29, 0.717) is 12.3 Å². The minimum Gasteiger partial charge on any atom is -0.507 e. The molecule has 3 aromatic rings. The molecule has 4 rings (SSSR count). The SMILES string of the molecule is Cc1cc(Cc2csc(-c3cc4c(cc3O)CCCCC4)n2)c(C)cc1CCN. The van der Waals surface area contributed by atoms with Crippen molar-refractivity contribution in [1.82, 2.24) is 4.98 Å². The van der Waals surface area contributed by atoms with E-state index in [-0.39, 0.29) is 0 Å². The first kappa shape index (κ1) is 20.1. The van der Waals surface area contributed by atoms with Crippen molar-refractivity contribution < 1.29 is 5.11 Å². The van der Waals surface area contributed by atoms with Crippen molar-refractivity contribution in [1.29, 1.82) is 0 Å². The minimum absolute atomic E-state index is 0.365. The van der Waals surface area contributed by atoms with Crippen LogP contribution >= 0.6 is 11.3 Å². The van der Waals surface area contributed by atoms with Gasteiger partial charge in [0.2, 0.25) is 0 Å². The molecule has 0 atom stereocenters. The number of fused-ring (bicyclic) bond motifs is 1. The van der Waals surface area contributed by atoms with Gasteiger partial charge in [0.25, 0.3) is 0 Å². The molecule has 0 radical (unpaired) electrons. The highest BCUT2D eigenvalue weighted by molar-refractivity contribution is 7.13. The molecule has 1 heterocycles. The summed E-state index contributed by atoms with van der Waals surface area (Å²) in [4.78, 5) is 4.88. The maximum Gasteiger partial charge on any atom is 0.127 e. The van der Waals surface area contributed by atoms with Gasteiger partial charge < -0.3 is 10.8 Å². The van der Waals surface area contributed by atoms with Crippen LogP contribution in [0.25, 0.3) is 10.6 Å². The van der Waals surface area contributed by atoms with E-state index in [1.807, 2.05) is 6.07 Å². The van der Waals surface area contributed by atoms with E-state index in [0.717, 1.165) is 41.9 Å². The van der Waals surface area contributed by atoms with Gasteiger partial charge in [0.1, 0.15) is 10.8 Å². The van der Waals surface area contributed by atoms with Gasteiger partial charge in [-0.25, -0.2) is 4.98 Å². The van der Waals surface area contributed by atoms with Crippen LogP contribution in [0.15, 0.2) is 29.6 Å². The molecule has 3 N–H and O–H groups in total. The lowest BCUT2D eigenvalue weighted by Crippen LogP contribution is -2.05. The van der Waals surface area contributed by atoms with E-state index in [2.05, 4.69) is 37.4 Å². The summed E-state index contributed by atoms with van der Waals surface area (Å²) >= 11 is 1.63. The molecule has 4 heteroatoms. The van der Waals surface area contributed by atoms with E-state index in [9.17, 15) is 5.11 Å². The largest absolute Gasteiger partial charge is 0.507 e. The normalized spacial score (nSPS) is 13.9. The fourth-order valence-corrected chi connectivity index (χ4v) is 5.22.